The van der Waals surface area contributed by atoms with Crippen LogP contribution in [-0.2, 0) is 0 Å². The minimum absolute atomic E-state index is 0.520. The molecule has 0 fully saturated rings. The fourth-order valence-corrected chi connectivity index (χ4v) is 1.40. The number of hydrogen-bond donors (Lipinski definition) is 0. The summed E-state index contributed by atoms with van der Waals surface area (Å²) in [6, 6.07) is 3.60. The maximum atomic E-state index is 10.3. The van der Waals surface area contributed by atoms with E-state index in [0.717, 1.165) is 11.3 Å². The molecule has 0 aliphatic rings. The van der Waals surface area contributed by atoms with Crippen LogP contribution in [0.1, 0.15) is 23.5 Å². The van der Waals surface area contributed by atoms with Crippen LogP contribution in [0.25, 0.3) is 0 Å². The zero-order chi connectivity index (χ0) is 8.97. The number of aldehydes is 1. The minimum atomic E-state index is 0.520. The lowest BCUT2D eigenvalue weighted by Gasteiger charge is -2.04. The summed E-state index contributed by atoms with van der Waals surface area (Å²) in [6.45, 7) is 4.89. The topological polar surface area (TPSA) is 26.3 Å². The Morgan fingerprint density at radius 1 is 1.58 bits per heavy atom. The predicted molar refractivity (Wildman–Crippen MR) is 50.0 cm³/mol. The van der Waals surface area contributed by atoms with Gasteiger partial charge >= 0.3 is 0 Å². The lowest BCUT2D eigenvalue weighted by Crippen LogP contribution is -2.02. The highest BCUT2D eigenvalue weighted by Gasteiger charge is 2.00. The number of carbonyl (C=O) groups is 1. The van der Waals surface area contributed by atoms with Crippen molar-refractivity contribution in [2.24, 2.45) is 5.92 Å². The van der Waals surface area contributed by atoms with Crippen LogP contribution in [0.2, 0.25) is 0 Å². The third-order valence-corrected chi connectivity index (χ3v) is 2.20. The van der Waals surface area contributed by atoms with Crippen molar-refractivity contribution in [2.45, 2.75) is 13.8 Å². The van der Waals surface area contributed by atoms with Crippen LogP contribution >= 0.6 is 11.3 Å². The van der Waals surface area contributed by atoms with Gasteiger partial charge in [-0.15, -0.1) is 0 Å². The van der Waals surface area contributed by atoms with Gasteiger partial charge in [0.1, 0.15) is 0 Å². The van der Waals surface area contributed by atoms with E-state index in [1.54, 1.807) is 6.07 Å². The second-order valence-corrected chi connectivity index (χ2v) is 4.06. The Balaban J connectivity index is 2.47. The molecule has 0 bridgehead atoms. The van der Waals surface area contributed by atoms with Crippen LogP contribution in [-0.4, -0.2) is 12.9 Å². The molecular weight excluding hydrogens is 172 g/mol. The molecule has 0 aliphatic heterocycles. The maximum absolute atomic E-state index is 10.3. The summed E-state index contributed by atoms with van der Waals surface area (Å²) in [4.78, 5) is 11.0. The lowest BCUT2D eigenvalue weighted by atomic mass is 10.2. The quantitative estimate of drug-likeness (QED) is 0.672. The molecule has 1 heterocycles. The van der Waals surface area contributed by atoms with Crippen molar-refractivity contribution in [3.05, 3.63) is 17.0 Å². The van der Waals surface area contributed by atoms with Crippen molar-refractivity contribution in [3.8, 4) is 5.06 Å². The van der Waals surface area contributed by atoms with Crippen molar-refractivity contribution >= 4 is 17.6 Å². The van der Waals surface area contributed by atoms with Gasteiger partial charge in [0.05, 0.1) is 11.5 Å². The minimum Gasteiger partial charge on any atom is -0.484 e. The summed E-state index contributed by atoms with van der Waals surface area (Å²) in [7, 11) is 0. The van der Waals surface area contributed by atoms with E-state index in [-0.39, 0.29) is 0 Å². The predicted octanol–water partition coefficient (Wildman–Crippen LogP) is 2.60. The molecule has 0 N–H and O–H groups in total. The zero-order valence-corrected chi connectivity index (χ0v) is 8.06. The van der Waals surface area contributed by atoms with Crippen molar-refractivity contribution in [2.75, 3.05) is 6.61 Å². The Morgan fingerprint density at radius 2 is 2.33 bits per heavy atom. The summed E-state index contributed by atoms with van der Waals surface area (Å²) in [6.07, 6.45) is 0.840. The van der Waals surface area contributed by atoms with Crippen molar-refractivity contribution in [1.29, 1.82) is 0 Å². The molecule has 2 nitrogen and oxygen atoms in total. The smallest absolute Gasteiger partial charge is 0.174 e. The Kier molecular flexibility index (Phi) is 3.29. The van der Waals surface area contributed by atoms with E-state index in [9.17, 15) is 4.79 Å². The third kappa shape index (κ3) is 2.66. The molecule has 0 saturated carbocycles. The van der Waals surface area contributed by atoms with E-state index in [2.05, 4.69) is 13.8 Å². The standard InChI is InChI=1S/C9H12O2S/c1-7(2)6-11-9-4-3-8(5-10)12-9/h3-5,7H,6H2,1-2H3. The first-order valence-electron chi connectivity index (χ1n) is 3.90. The van der Waals surface area contributed by atoms with Crippen LogP contribution in [0, 0.1) is 5.92 Å². The van der Waals surface area contributed by atoms with Crippen LogP contribution in [0.4, 0.5) is 0 Å². The first-order valence-corrected chi connectivity index (χ1v) is 4.72. The number of thiophene rings is 1. The SMILES string of the molecule is CC(C)COc1ccc(C=O)s1. The Hall–Kier alpha value is -0.830. The van der Waals surface area contributed by atoms with Crippen LogP contribution < -0.4 is 4.74 Å². The number of ether oxygens (including phenoxy) is 1. The second-order valence-electron chi connectivity index (χ2n) is 2.98. The normalized spacial score (nSPS) is 10.2. The summed E-state index contributed by atoms with van der Waals surface area (Å²) in [5.74, 6) is 0.520. The molecule has 0 radical (unpaired) electrons. The molecule has 0 amide bonds. The van der Waals surface area contributed by atoms with Gasteiger partial charge in [0.15, 0.2) is 11.3 Å². The lowest BCUT2D eigenvalue weighted by molar-refractivity contribution is 0.112. The molecule has 0 unspecified atom stereocenters. The maximum Gasteiger partial charge on any atom is 0.174 e. The van der Waals surface area contributed by atoms with Crippen molar-refractivity contribution in [3.63, 3.8) is 0 Å². The van der Waals surface area contributed by atoms with Gasteiger partial charge in [-0.05, 0) is 18.1 Å². The molecule has 12 heavy (non-hydrogen) atoms. The van der Waals surface area contributed by atoms with E-state index < -0.39 is 0 Å². The van der Waals surface area contributed by atoms with Crippen molar-refractivity contribution < 1.29 is 9.53 Å². The van der Waals surface area contributed by atoms with Gasteiger partial charge in [0, 0.05) is 0 Å². The van der Waals surface area contributed by atoms with E-state index in [4.69, 9.17) is 4.74 Å². The molecule has 0 saturated heterocycles. The number of carbonyl (C=O) groups excluding carboxylic acids is 1. The second kappa shape index (κ2) is 4.26. The van der Waals surface area contributed by atoms with Crippen LogP contribution in [0.5, 0.6) is 5.06 Å². The summed E-state index contributed by atoms with van der Waals surface area (Å²) in [5.41, 5.74) is 0. The first-order chi connectivity index (χ1) is 5.72. The van der Waals surface area contributed by atoms with Gasteiger partial charge in [-0.1, -0.05) is 25.2 Å². The molecule has 66 valence electrons. The highest BCUT2D eigenvalue weighted by atomic mass is 32.1. The van der Waals surface area contributed by atoms with E-state index >= 15 is 0 Å². The molecule has 0 atom stereocenters. The van der Waals surface area contributed by atoms with E-state index in [1.807, 2.05) is 6.07 Å². The molecule has 1 rings (SSSR count). The Labute approximate surface area is 76.2 Å². The Morgan fingerprint density at radius 3 is 2.83 bits per heavy atom. The van der Waals surface area contributed by atoms with Crippen LogP contribution in [0.3, 0.4) is 0 Å². The van der Waals surface area contributed by atoms with Gasteiger partial charge in [0.2, 0.25) is 0 Å². The monoisotopic (exact) mass is 184 g/mol. The van der Waals surface area contributed by atoms with Gasteiger partial charge in [0.25, 0.3) is 0 Å². The molecular formula is C9H12O2S. The third-order valence-electron chi connectivity index (χ3n) is 1.28. The highest BCUT2D eigenvalue weighted by Crippen LogP contribution is 2.23. The molecule has 1 aromatic rings. The largest absolute Gasteiger partial charge is 0.484 e. The molecule has 0 aromatic carbocycles. The summed E-state index contributed by atoms with van der Waals surface area (Å²) in [5, 5.41) is 0.825. The molecule has 0 spiro atoms. The fraction of sp³-hybridized carbons (Fsp3) is 0.444. The number of rotatable bonds is 4. The average Bonchev–Trinajstić information content (AvgIpc) is 2.48. The highest BCUT2D eigenvalue weighted by molar-refractivity contribution is 7.15. The fourth-order valence-electron chi connectivity index (χ4n) is 0.724. The molecule has 1 aromatic heterocycles. The van der Waals surface area contributed by atoms with E-state index in [1.165, 1.54) is 11.3 Å². The number of hydrogen-bond acceptors (Lipinski definition) is 3. The van der Waals surface area contributed by atoms with Gasteiger partial charge in [-0.3, -0.25) is 4.79 Å². The average molecular weight is 184 g/mol. The van der Waals surface area contributed by atoms with Gasteiger partial charge in [-0.25, -0.2) is 0 Å². The molecule has 3 heteroatoms. The first kappa shape index (κ1) is 9.26. The Bertz CT molecular complexity index is 253. The van der Waals surface area contributed by atoms with Gasteiger partial charge in [-0.2, -0.15) is 0 Å². The van der Waals surface area contributed by atoms with Crippen LogP contribution in [0.15, 0.2) is 12.1 Å². The summed E-state index contributed by atoms with van der Waals surface area (Å²) < 4.78 is 5.41. The summed E-state index contributed by atoms with van der Waals surface area (Å²) >= 11 is 1.38. The van der Waals surface area contributed by atoms with Crippen molar-refractivity contribution in [1.82, 2.24) is 0 Å². The van der Waals surface area contributed by atoms with E-state index in [0.29, 0.717) is 17.4 Å². The zero-order valence-electron chi connectivity index (χ0n) is 7.24. The molecule has 0 aliphatic carbocycles. The van der Waals surface area contributed by atoms with Gasteiger partial charge < -0.3 is 4.74 Å².